The number of halogens is 1. The second-order valence-electron chi connectivity index (χ2n) is 8.02. The Bertz CT molecular complexity index is 1150. The van der Waals surface area contributed by atoms with E-state index in [1.165, 1.54) is 0 Å². The molecule has 0 unspecified atom stereocenters. The van der Waals surface area contributed by atoms with Gasteiger partial charge in [0.05, 0.1) is 37.2 Å². The van der Waals surface area contributed by atoms with Crippen LogP contribution in [-0.4, -0.2) is 50.4 Å². The van der Waals surface area contributed by atoms with Gasteiger partial charge in [-0.15, -0.1) is 0 Å². The highest BCUT2D eigenvalue weighted by atomic mass is 35.5. The summed E-state index contributed by atoms with van der Waals surface area (Å²) in [6.07, 6.45) is 1.29. The van der Waals surface area contributed by atoms with E-state index in [9.17, 15) is 9.59 Å². The molecule has 0 aliphatic carbocycles. The number of aromatic amines is 1. The first kappa shape index (κ1) is 18.1. The van der Waals surface area contributed by atoms with E-state index in [2.05, 4.69) is 10.1 Å². The largest absolute Gasteiger partial charge is 0.441 e. The van der Waals surface area contributed by atoms with E-state index in [4.69, 9.17) is 16.3 Å². The van der Waals surface area contributed by atoms with Crippen molar-refractivity contribution in [2.45, 2.75) is 32.5 Å². The number of amides is 2. The minimum atomic E-state index is -0.556. The number of hydrogen-bond acceptors (Lipinski definition) is 4. The van der Waals surface area contributed by atoms with Crippen molar-refractivity contribution in [2.24, 2.45) is 0 Å². The van der Waals surface area contributed by atoms with Gasteiger partial charge in [0.2, 0.25) is 0 Å². The first-order chi connectivity index (χ1) is 13.8. The highest BCUT2D eigenvalue weighted by Crippen LogP contribution is 2.32. The molecule has 2 aliphatic rings. The highest BCUT2D eigenvalue weighted by Gasteiger charge is 2.40. The van der Waals surface area contributed by atoms with E-state index in [0.717, 1.165) is 16.6 Å². The van der Waals surface area contributed by atoms with Gasteiger partial charge in [-0.2, -0.15) is 5.10 Å². The summed E-state index contributed by atoms with van der Waals surface area (Å²) in [6.45, 7) is 5.65. The third-order valence-electron chi connectivity index (χ3n) is 5.39. The van der Waals surface area contributed by atoms with E-state index >= 15 is 0 Å². The van der Waals surface area contributed by atoms with Crippen molar-refractivity contribution < 1.29 is 14.3 Å². The maximum atomic E-state index is 13.1. The predicted molar refractivity (Wildman–Crippen MR) is 108 cm³/mol. The molecule has 3 aromatic rings. The van der Waals surface area contributed by atoms with Crippen LogP contribution in [0.1, 0.15) is 30.0 Å². The fraction of sp³-hybridized carbons (Fsp3) is 0.350. The molecule has 0 radical (unpaired) electrons. The van der Waals surface area contributed by atoms with Crippen molar-refractivity contribution in [1.29, 1.82) is 0 Å². The summed E-state index contributed by atoms with van der Waals surface area (Å²) >= 11 is 6.24. The molecular weight excluding hydrogens is 394 g/mol. The lowest BCUT2D eigenvalue weighted by Crippen LogP contribution is -2.39. The van der Waals surface area contributed by atoms with E-state index in [0.29, 0.717) is 42.6 Å². The summed E-state index contributed by atoms with van der Waals surface area (Å²) in [6, 6.07) is 7.32. The Morgan fingerprint density at radius 1 is 1.31 bits per heavy atom. The van der Waals surface area contributed by atoms with Gasteiger partial charge >= 0.3 is 6.09 Å². The van der Waals surface area contributed by atoms with Gasteiger partial charge < -0.3 is 14.6 Å². The Kier molecular flexibility index (Phi) is 3.89. The Hall–Kier alpha value is -3.00. The number of benzene rings is 1. The van der Waals surface area contributed by atoms with Gasteiger partial charge in [-0.3, -0.25) is 14.4 Å². The fourth-order valence-electron chi connectivity index (χ4n) is 3.99. The minimum Gasteiger partial charge on any atom is -0.441 e. The number of anilines is 1. The summed E-state index contributed by atoms with van der Waals surface area (Å²) in [4.78, 5) is 31.9. The number of carbonyl (C=O) groups excluding carboxylic acids is 2. The topological polar surface area (TPSA) is 83.5 Å². The quantitative estimate of drug-likeness (QED) is 0.697. The fourth-order valence-corrected chi connectivity index (χ4v) is 4.22. The number of carbonyl (C=O) groups is 2. The van der Waals surface area contributed by atoms with Gasteiger partial charge in [-0.05, 0) is 32.0 Å². The molecule has 0 saturated carbocycles. The van der Waals surface area contributed by atoms with Crippen molar-refractivity contribution in [3.8, 4) is 0 Å². The van der Waals surface area contributed by atoms with Crippen molar-refractivity contribution in [1.82, 2.24) is 19.7 Å². The van der Waals surface area contributed by atoms with Crippen LogP contribution in [0.15, 0.2) is 30.5 Å². The highest BCUT2D eigenvalue weighted by molar-refractivity contribution is 6.35. The van der Waals surface area contributed by atoms with Crippen LogP contribution in [0, 0.1) is 0 Å². The van der Waals surface area contributed by atoms with Crippen LogP contribution in [-0.2, 0) is 17.8 Å². The number of rotatable bonds is 2. The van der Waals surface area contributed by atoms with Crippen LogP contribution in [0.5, 0.6) is 0 Å². The average Bonchev–Trinajstić information content (AvgIpc) is 3.35. The average molecular weight is 414 g/mol. The number of fused-ring (bicyclic) bond motifs is 2. The molecule has 2 aliphatic heterocycles. The maximum Gasteiger partial charge on any atom is 0.415 e. The predicted octanol–water partition coefficient (Wildman–Crippen LogP) is 3.41. The Balaban J connectivity index is 1.43. The van der Waals surface area contributed by atoms with Crippen LogP contribution in [0.4, 0.5) is 10.5 Å². The summed E-state index contributed by atoms with van der Waals surface area (Å²) in [5.74, 6) is -0.111. The zero-order chi connectivity index (χ0) is 20.3. The minimum absolute atomic E-state index is 0.111. The summed E-state index contributed by atoms with van der Waals surface area (Å²) in [5.41, 5.74) is 2.28. The van der Waals surface area contributed by atoms with Crippen LogP contribution >= 0.6 is 11.6 Å². The SMILES string of the molecule is CC1(C)CN(c2cnn3c2CN(C(=O)c2cc4c(Cl)cccc4[nH]2)CC3)C(=O)O1. The molecule has 0 spiro atoms. The normalized spacial score (nSPS) is 18.2. The molecule has 150 valence electrons. The molecule has 29 heavy (non-hydrogen) atoms. The number of H-pyrrole nitrogens is 1. The van der Waals surface area contributed by atoms with Crippen molar-refractivity contribution in [2.75, 3.05) is 18.0 Å². The van der Waals surface area contributed by atoms with Gasteiger partial charge in [0, 0.05) is 22.5 Å². The van der Waals surface area contributed by atoms with Crippen molar-refractivity contribution in [3.63, 3.8) is 0 Å². The molecule has 1 saturated heterocycles. The zero-order valence-electron chi connectivity index (χ0n) is 16.1. The van der Waals surface area contributed by atoms with E-state index in [-0.39, 0.29) is 12.0 Å². The summed E-state index contributed by atoms with van der Waals surface area (Å²) in [7, 11) is 0. The van der Waals surface area contributed by atoms with Crippen LogP contribution in [0.25, 0.3) is 10.9 Å². The molecule has 9 heteroatoms. The number of hydrogen-bond donors (Lipinski definition) is 1. The number of aromatic nitrogens is 3. The molecular formula is C20H20ClN5O3. The monoisotopic (exact) mass is 413 g/mol. The molecule has 2 aromatic heterocycles. The van der Waals surface area contributed by atoms with E-state index in [1.807, 2.05) is 30.7 Å². The molecule has 8 nitrogen and oxygen atoms in total. The molecule has 1 aromatic carbocycles. The first-order valence-corrected chi connectivity index (χ1v) is 9.82. The number of nitrogens with one attached hydrogen (secondary N) is 1. The second kappa shape index (κ2) is 6.25. The Morgan fingerprint density at radius 2 is 2.14 bits per heavy atom. The van der Waals surface area contributed by atoms with Crippen molar-refractivity contribution >= 4 is 40.2 Å². The number of nitrogens with zero attached hydrogens (tertiary/aromatic N) is 4. The zero-order valence-corrected chi connectivity index (χ0v) is 16.9. The molecule has 1 fully saturated rings. The summed E-state index contributed by atoms with van der Waals surface area (Å²) < 4.78 is 7.26. The van der Waals surface area contributed by atoms with Gasteiger partial charge in [0.1, 0.15) is 11.3 Å². The molecule has 1 N–H and O–H groups in total. The lowest BCUT2D eigenvalue weighted by Gasteiger charge is -2.29. The standard InChI is InChI=1S/C20H20ClN5O3/c1-20(2)11-25(19(28)29-20)16-9-22-26-7-6-24(10-17(16)26)18(27)15-8-12-13(21)4-3-5-14(12)23-15/h3-5,8-9,23H,6-7,10-11H2,1-2H3. The molecule has 5 rings (SSSR count). The Labute approximate surface area is 172 Å². The third kappa shape index (κ3) is 2.95. The van der Waals surface area contributed by atoms with Crippen LogP contribution in [0.2, 0.25) is 5.02 Å². The van der Waals surface area contributed by atoms with Gasteiger partial charge in [-0.25, -0.2) is 4.79 Å². The maximum absolute atomic E-state index is 13.1. The van der Waals surface area contributed by atoms with Gasteiger partial charge in [-0.1, -0.05) is 17.7 Å². The molecule has 0 bridgehead atoms. The summed E-state index contributed by atoms with van der Waals surface area (Å²) in [5, 5.41) is 5.83. The molecule has 2 amide bonds. The number of ether oxygens (including phenoxy) is 1. The van der Waals surface area contributed by atoms with Gasteiger partial charge in [0.25, 0.3) is 5.91 Å². The van der Waals surface area contributed by atoms with E-state index < -0.39 is 5.60 Å². The first-order valence-electron chi connectivity index (χ1n) is 9.44. The molecule has 0 atom stereocenters. The number of cyclic esters (lactones) is 1. The van der Waals surface area contributed by atoms with Gasteiger partial charge in [0.15, 0.2) is 0 Å². The van der Waals surface area contributed by atoms with Crippen LogP contribution in [0.3, 0.4) is 0 Å². The molecule has 4 heterocycles. The second-order valence-corrected chi connectivity index (χ2v) is 8.43. The van der Waals surface area contributed by atoms with Crippen LogP contribution < -0.4 is 4.90 Å². The Morgan fingerprint density at radius 3 is 2.86 bits per heavy atom. The lowest BCUT2D eigenvalue weighted by atomic mass is 10.1. The van der Waals surface area contributed by atoms with E-state index in [1.54, 1.807) is 28.1 Å². The lowest BCUT2D eigenvalue weighted by molar-refractivity contribution is 0.0701. The smallest absolute Gasteiger partial charge is 0.415 e. The van der Waals surface area contributed by atoms with Crippen molar-refractivity contribution in [3.05, 3.63) is 46.9 Å². The third-order valence-corrected chi connectivity index (χ3v) is 5.72.